The van der Waals surface area contributed by atoms with E-state index in [1.165, 1.54) is 12.8 Å². The molecule has 1 saturated carbocycles. The maximum atomic E-state index is 5.53. The zero-order valence-corrected chi connectivity index (χ0v) is 10.1. The lowest BCUT2D eigenvalue weighted by atomic mass is 10.2. The van der Waals surface area contributed by atoms with Gasteiger partial charge in [-0.2, -0.15) is 0 Å². The molecule has 0 bridgehead atoms. The average molecular weight is 220 g/mol. The number of aromatic nitrogens is 2. The van der Waals surface area contributed by atoms with E-state index in [0.29, 0.717) is 5.92 Å². The third-order valence-electron chi connectivity index (χ3n) is 2.82. The molecular formula is C12H20N4. The maximum Gasteiger partial charge on any atom is 0.134 e. The van der Waals surface area contributed by atoms with Crippen molar-refractivity contribution in [2.45, 2.75) is 31.6 Å². The van der Waals surface area contributed by atoms with Crippen LogP contribution in [0.5, 0.6) is 0 Å². The van der Waals surface area contributed by atoms with E-state index in [1.807, 2.05) is 19.0 Å². The molecule has 2 N–H and O–H groups in total. The monoisotopic (exact) mass is 220 g/mol. The van der Waals surface area contributed by atoms with Gasteiger partial charge < -0.3 is 10.6 Å². The number of nitrogens with zero attached hydrogens (tertiary/aromatic N) is 3. The Morgan fingerprint density at radius 3 is 2.69 bits per heavy atom. The minimum atomic E-state index is 0.608. The van der Waals surface area contributed by atoms with Crippen LogP contribution >= 0.6 is 0 Å². The van der Waals surface area contributed by atoms with Crippen molar-refractivity contribution in [2.24, 2.45) is 5.73 Å². The minimum absolute atomic E-state index is 0.608. The first-order valence-electron chi connectivity index (χ1n) is 5.96. The summed E-state index contributed by atoms with van der Waals surface area (Å²) in [5.41, 5.74) is 6.66. The summed E-state index contributed by atoms with van der Waals surface area (Å²) >= 11 is 0. The zero-order valence-electron chi connectivity index (χ0n) is 10.1. The minimum Gasteiger partial charge on any atom is -0.363 e. The van der Waals surface area contributed by atoms with Crippen molar-refractivity contribution in [3.05, 3.63) is 17.6 Å². The molecule has 1 aliphatic carbocycles. The number of rotatable bonds is 5. The Morgan fingerprint density at radius 1 is 1.38 bits per heavy atom. The Labute approximate surface area is 96.9 Å². The fourth-order valence-corrected chi connectivity index (χ4v) is 1.67. The van der Waals surface area contributed by atoms with Gasteiger partial charge in [-0.15, -0.1) is 0 Å². The summed E-state index contributed by atoms with van der Waals surface area (Å²) in [7, 11) is 4.04. The van der Waals surface area contributed by atoms with Crippen molar-refractivity contribution < 1.29 is 0 Å². The standard InChI is InChI=1S/C12H20N4/c1-16(2)11-8-10(4-3-7-13)14-12(15-11)9-5-6-9/h8-9H,3-7,13H2,1-2H3. The van der Waals surface area contributed by atoms with Crippen molar-refractivity contribution in [1.29, 1.82) is 0 Å². The highest BCUT2D eigenvalue weighted by molar-refractivity contribution is 5.38. The van der Waals surface area contributed by atoms with Crippen LogP contribution in [0.1, 0.15) is 36.7 Å². The number of hydrogen-bond acceptors (Lipinski definition) is 4. The van der Waals surface area contributed by atoms with Crippen LogP contribution in [-0.2, 0) is 6.42 Å². The molecule has 2 rings (SSSR count). The molecule has 1 aromatic rings. The summed E-state index contributed by atoms with van der Waals surface area (Å²) in [6.07, 6.45) is 4.44. The van der Waals surface area contributed by atoms with Gasteiger partial charge in [-0.25, -0.2) is 9.97 Å². The predicted molar refractivity (Wildman–Crippen MR) is 65.7 cm³/mol. The molecule has 0 radical (unpaired) electrons. The highest BCUT2D eigenvalue weighted by Gasteiger charge is 2.27. The predicted octanol–water partition coefficient (Wildman–Crippen LogP) is 1.31. The topological polar surface area (TPSA) is 55.0 Å². The van der Waals surface area contributed by atoms with Gasteiger partial charge in [0.25, 0.3) is 0 Å². The summed E-state index contributed by atoms with van der Waals surface area (Å²) in [6.45, 7) is 0.722. The summed E-state index contributed by atoms with van der Waals surface area (Å²) in [6, 6.07) is 2.07. The molecule has 4 heteroatoms. The highest BCUT2D eigenvalue weighted by Crippen LogP contribution is 2.38. The van der Waals surface area contributed by atoms with E-state index < -0.39 is 0 Å². The Hall–Kier alpha value is -1.16. The van der Waals surface area contributed by atoms with E-state index in [0.717, 1.165) is 36.7 Å². The van der Waals surface area contributed by atoms with E-state index >= 15 is 0 Å². The van der Waals surface area contributed by atoms with Gasteiger partial charge in [0, 0.05) is 31.8 Å². The van der Waals surface area contributed by atoms with E-state index in [2.05, 4.69) is 16.0 Å². The molecule has 0 saturated heterocycles. The van der Waals surface area contributed by atoms with Gasteiger partial charge in [0.1, 0.15) is 11.6 Å². The van der Waals surface area contributed by atoms with E-state index in [1.54, 1.807) is 0 Å². The molecule has 4 nitrogen and oxygen atoms in total. The second-order valence-corrected chi connectivity index (χ2v) is 4.64. The number of anilines is 1. The normalized spacial score (nSPS) is 15.2. The van der Waals surface area contributed by atoms with Crippen LogP contribution in [0.15, 0.2) is 6.07 Å². The Balaban J connectivity index is 2.21. The highest BCUT2D eigenvalue weighted by atomic mass is 15.2. The van der Waals surface area contributed by atoms with E-state index in [-0.39, 0.29) is 0 Å². The first kappa shape index (κ1) is 11.3. The average Bonchev–Trinajstić information content (AvgIpc) is 3.09. The van der Waals surface area contributed by atoms with Gasteiger partial charge in [0.15, 0.2) is 0 Å². The Morgan fingerprint density at radius 2 is 2.12 bits per heavy atom. The molecule has 0 atom stereocenters. The van der Waals surface area contributed by atoms with Gasteiger partial charge in [-0.3, -0.25) is 0 Å². The van der Waals surface area contributed by atoms with Crippen molar-refractivity contribution in [3.8, 4) is 0 Å². The molecule has 1 fully saturated rings. The van der Waals surface area contributed by atoms with Gasteiger partial charge in [-0.1, -0.05) is 0 Å². The van der Waals surface area contributed by atoms with Crippen LogP contribution < -0.4 is 10.6 Å². The molecular weight excluding hydrogens is 200 g/mol. The molecule has 16 heavy (non-hydrogen) atoms. The van der Waals surface area contributed by atoms with Crippen molar-refractivity contribution >= 4 is 5.82 Å². The fraction of sp³-hybridized carbons (Fsp3) is 0.667. The molecule has 1 aliphatic rings. The molecule has 1 heterocycles. The van der Waals surface area contributed by atoms with E-state index in [4.69, 9.17) is 5.73 Å². The fourth-order valence-electron chi connectivity index (χ4n) is 1.67. The lowest BCUT2D eigenvalue weighted by molar-refractivity contribution is 0.783. The smallest absolute Gasteiger partial charge is 0.134 e. The van der Waals surface area contributed by atoms with Crippen molar-refractivity contribution in [1.82, 2.24) is 9.97 Å². The molecule has 1 aromatic heterocycles. The Bertz CT molecular complexity index is 338. The van der Waals surface area contributed by atoms with Gasteiger partial charge in [0.05, 0.1) is 0 Å². The number of hydrogen-bond donors (Lipinski definition) is 1. The number of nitrogens with two attached hydrogens (primary N) is 1. The van der Waals surface area contributed by atoms with Gasteiger partial charge >= 0.3 is 0 Å². The molecule has 0 amide bonds. The zero-order chi connectivity index (χ0) is 11.5. The number of aryl methyl sites for hydroxylation is 1. The largest absolute Gasteiger partial charge is 0.363 e. The second-order valence-electron chi connectivity index (χ2n) is 4.64. The molecule has 0 aliphatic heterocycles. The van der Waals surface area contributed by atoms with Gasteiger partial charge in [-0.05, 0) is 32.2 Å². The molecule has 88 valence electrons. The Kier molecular flexibility index (Phi) is 3.39. The lowest BCUT2D eigenvalue weighted by Crippen LogP contribution is -2.13. The summed E-state index contributed by atoms with van der Waals surface area (Å²) in [4.78, 5) is 11.2. The molecule has 0 unspecified atom stereocenters. The quantitative estimate of drug-likeness (QED) is 0.813. The molecule has 0 spiro atoms. The van der Waals surface area contributed by atoms with Crippen LogP contribution in [0.3, 0.4) is 0 Å². The third kappa shape index (κ3) is 2.70. The summed E-state index contributed by atoms with van der Waals surface area (Å²) in [5, 5.41) is 0. The first-order valence-corrected chi connectivity index (χ1v) is 5.96. The van der Waals surface area contributed by atoms with Crippen LogP contribution in [0, 0.1) is 0 Å². The van der Waals surface area contributed by atoms with Crippen molar-refractivity contribution in [3.63, 3.8) is 0 Å². The molecule has 0 aromatic carbocycles. The van der Waals surface area contributed by atoms with Crippen molar-refractivity contribution in [2.75, 3.05) is 25.5 Å². The summed E-state index contributed by atoms with van der Waals surface area (Å²) in [5.74, 6) is 2.65. The van der Waals surface area contributed by atoms with Crippen LogP contribution in [0.25, 0.3) is 0 Å². The first-order chi connectivity index (χ1) is 7.70. The van der Waals surface area contributed by atoms with Crippen LogP contribution in [0.4, 0.5) is 5.82 Å². The lowest BCUT2D eigenvalue weighted by Gasteiger charge is -2.14. The van der Waals surface area contributed by atoms with E-state index in [9.17, 15) is 0 Å². The second kappa shape index (κ2) is 4.78. The maximum absolute atomic E-state index is 5.53. The van der Waals surface area contributed by atoms with Crippen LogP contribution in [0.2, 0.25) is 0 Å². The van der Waals surface area contributed by atoms with Gasteiger partial charge in [0.2, 0.25) is 0 Å². The van der Waals surface area contributed by atoms with Crippen LogP contribution in [-0.4, -0.2) is 30.6 Å². The third-order valence-corrected chi connectivity index (χ3v) is 2.82. The summed E-state index contributed by atoms with van der Waals surface area (Å²) < 4.78 is 0. The SMILES string of the molecule is CN(C)c1cc(CCCN)nc(C2CC2)n1.